The highest BCUT2D eigenvalue weighted by Crippen LogP contribution is 2.30. The fourth-order valence-corrected chi connectivity index (χ4v) is 2.75. The molecular weight excluding hydrogens is 311 g/mol. The van der Waals surface area contributed by atoms with Gasteiger partial charge in [0.15, 0.2) is 0 Å². The van der Waals surface area contributed by atoms with Gasteiger partial charge < -0.3 is 5.32 Å². The van der Waals surface area contributed by atoms with Crippen molar-refractivity contribution >= 4 is 29.0 Å². The fourth-order valence-electron chi connectivity index (χ4n) is 2.08. The van der Waals surface area contributed by atoms with Crippen LogP contribution in [0.1, 0.15) is 16.0 Å². The number of carbonyl (C=O) groups is 1. The summed E-state index contributed by atoms with van der Waals surface area (Å²) in [6.45, 7) is 0. The lowest BCUT2D eigenvalue weighted by Crippen LogP contribution is -2.15. The molecule has 2 heterocycles. The van der Waals surface area contributed by atoms with E-state index in [4.69, 9.17) is 0 Å². The molecule has 2 nitrogen and oxygen atoms in total. The number of amides is 1. The number of alkyl halides is 3. The van der Waals surface area contributed by atoms with Crippen molar-refractivity contribution in [2.45, 2.75) is 6.18 Å². The smallest absolute Gasteiger partial charge is 0.321 e. The normalized spacial score (nSPS) is 16.8. The predicted molar refractivity (Wildman–Crippen MR) is 79.9 cm³/mol. The number of rotatable bonds is 2. The molecule has 0 radical (unpaired) electrons. The number of halogens is 3. The number of thiophene rings is 1. The van der Waals surface area contributed by atoms with Gasteiger partial charge in [-0.2, -0.15) is 13.2 Å². The van der Waals surface area contributed by atoms with Gasteiger partial charge in [-0.1, -0.05) is 18.2 Å². The monoisotopic (exact) mass is 321 g/mol. The second kappa shape index (κ2) is 5.46. The van der Waals surface area contributed by atoms with Gasteiger partial charge in [0.2, 0.25) is 0 Å². The lowest BCUT2D eigenvalue weighted by Gasteiger charge is -2.08. The first-order valence-electron chi connectivity index (χ1n) is 6.39. The summed E-state index contributed by atoms with van der Waals surface area (Å²) in [4.78, 5) is 12.8. The summed E-state index contributed by atoms with van der Waals surface area (Å²) in [5.41, 5.74) is 0.810. The Morgan fingerprint density at radius 1 is 1.09 bits per heavy atom. The zero-order valence-electron chi connectivity index (χ0n) is 11.1. The van der Waals surface area contributed by atoms with Crippen LogP contribution >= 0.6 is 11.3 Å². The minimum atomic E-state index is -4.37. The molecule has 1 N–H and O–H groups in total. The first kappa shape index (κ1) is 14.6. The van der Waals surface area contributed by atoms with E-state index in [1.54, 1.807) is 12.2 Å². The molecular formula is C16H10F3NOS. The van der Waals surface area contributed by atoms with Gasteiger partial charge in [-0.05, 0) is 41.3 Å². The largest absolute Gasteiger partial charge is 0.416 e. The quantitative estimate of drug-likeness (QED) is 0.820. The van der Waals surface area contributed by atoms with E-state index in [0.717, 1.165) is 17.0 Å². The van der Waals surface area contributed by atoms with Crippen LogP contribution in [0.4, 0.5) is 13.2 Å². The second-order valence-electron chi connectivity index (χ2n) is 4.70. The van der Waals surface area contributed by atoms with Crippen molar-refractivity contribution in [1.82, 2.24) is 5.32 Å². The highest BCUT2D eigenvalue weighted by Gasteiger charge is 2.30. The van der Waals surface area contributed by atoms with E-state index in [9.17, 15) is 18.0 Å². The topological polar surface area (TPSA) is 29.1 Å². The summed E-state index contributed by atoms with van der Waals surface area (Å²) in [6, 6.07) is 8.47. The lowest BCUT2D eigenvalue weighted by molar-refractivity contribution is -0.137. The molecule has 22 heavy (non-hydrogen) atoms. The average Bonchev–Trinajstić information content (AvgIpc) is 3.09. The molecule has 0 bridgehead atoms. The molecule has 1 aliphatic rings. The van der Waals surface area contributed by atoms with Crippen molar-refractivity contribution in [3.05, 3.63) is 69.4 Å². The molecule has 0 saturated carbocycles. The first-order chi connectivity index (χ1) is 10.4. The standard InChI is InChI=1S/C16H10F3NOS/c17-16(18,19)12-5-3-10(4-6-12)14-9-11(15(21)20-14)8-13-2-1-7-22-13/h1-9H,(H,20,21)/b11-8-. The van der Waals surface area contributed by atoms with Gasteiger partial charge in [-0.25, -0.2) is 0 Å². The maximum atomic E-state index is 12.5. The Labute approximate surface area is 128 Å². The number of benzene rings is 1. The van der Waals surface area contributed by atoms with E-state index >= 15 is 0 Å². The Balaban J connectivity index is 1.88. The van der Waals surface area contributed by atoms with E-state index in [1.165, 1.54) is 23.5 Å². The minimum Gasteiger partial charge on any atom is -0.321 e. The van der Waals surface area contributed by atoms with Crippen molar-refractivity contribution < 1.29 is 18.0 Å². The van der Waals surface area contributed by atoms with Crippen molar-refractivity contribution in [2.24, 2.45) is 0 Å². The zero-order valence-corrected chi connectivity index (χ0v) is 12.0. The van der Waals surface area contributed by atoms with Crippen LogP contribution < -0.4 is 5.32 Å². The maximum Gasteiger partial charge on any atom is 0.416 e. The van der Waals surface area contributed by atoms with E-state index in [0.29, 0.717) is 16.8 Å². The Morgan fingerprint density at radius 2 is 1.82 bits per heavy atom. The van der Waals surface area contributed by atoms with Crippen LogP contribution in [0.3, 0.4) is 0 Å². The fraction of sp³-hybridized carbons (Fsp3) is 0.0625. The second-order valence-corrected chi connectivity index (χ2v) is 5.68. The Morgan fingerprint density at radius 3 is 2.41 bits per heavy atom. The first-order valence-corrected chi connectivity index (χ1v) is 7.27. The van der Waals surface area contributed by atoms with Gasteiger partial charge in [-0.15, -0.1) is 11.3 Å². The molecule has 1 aromatic heterocycles. The minimum absolute atomic E-state index is 0.261. The zero-order chi connectivity index (χ0) is 15.7. The predicted octanol–water partition coefficient (Wildman–Crippen LogP) is 4.32. The van der Waals surface area contributed by atoms with Gasteiger partial charge in [-0.3, -0.25) is 4.79 Å². The van der Waals surface area contributed by atoms with Crippen LogP contribution in [0.25, 0.3) is 11.8 Å². The summed E-state index contributed by atoms with van der Waals surface area (Å²) in [7, 11) is 0. The Hall–Kier alpha value is -2.34. The van der Waals surface area contributed by atoms with Crippen LogP contribution in [-0.4, -0.2) is 5.91 Å². The Kier molecular flexibility index (Phi) is 3.62. The van der Waals surface area contributed by atoms with Crippen LogP contribution in [0.2, 0.25) is 0 Å². The van der Waals surface area contributed by atoms with Crippen LogP contribution in [0.15, 0.2) is 53.4 Å². The van der Waals surface area contributed by atoms with Crippen LogP contribution in [-0.2, 0) is 11.0 Å². The number of nitrogens with one attached hydrogen (secondary N) is 1. The summed E-state index contributed by atoms with van der Waals surface area (Å²) >= 11 is 1.50. The molecule has 0 fully saturated rings. The summed E-state index contributed by atoms with van der Waals surface area (Å²) < 4.78 is 37.6. The van der Waals surface area contributed by atoms with Gasteiger partial charge in [0.1, 0.15) is 0 Å². The molecule has 2 aromatic rings. The molecule has 112 valence electrons. The summed E-state index contributed by atoms with van der Waals surface area (Å²) in [5.74, 6) is -0.261. The molecule has 3 rings (SSSR count). The highest BCUT2D eigenvalue weighted by molar-refractivity contribution is 7.10. The lowest BCUT2D eigenvalue weighted by atomic mass is 10.1. The van der Waals surface area contributed by atoms with Gasteiger partial charge >= 0.3 is 6.18 Å². The molecule has 0 unspecified atom stereocenters. The summed E-state index contributed by atoms with van der Waals surface area (Å²) in [6.07, 6.45) is -0.974. The molecule has 1 aliphatic heterocycles. The molecule has 0 atom stereocenters. The van der Waals surface area contributed by atoms with E-state index in [1.807, 2.05) is 17.5 Å². The van der Waals surface area contributed by atoms with Crippen molar-refractivity contribution in [3.8, 4) is 0 Å². The molecule has 1 aromatic carbocycles. The van der Waals surface area contributed by atoms with Crippen molar-refractivity contribution in [2.75, 3.05) is 0 Å². The number of carbonyl (C=O) groups excluding carboxylic acids is 1. The molecule has 1 amide bonds. The molecule has 0 saturated heterocycles. The number of hydrogen-bond donors (Lipinski definition) is 1. The van der Waals surface area contributed by atoms with Crippen molar-refractivity contribution in [3.63, 3.8) is 0 Å². The molecule has 0 aliphatic carbocycles. The van der Waals surface area contributed by atoms with E-state index in [2.05, 4.69) is 5.32 Å². The molecule has 6 heteroatoms. The third-order valence-electron chi connectivity index (χ3n) is 3.17. The Bertz CT molecular complexity index is 756. The summed E-state index contributed by atoms with van der Waals surface area (Å²) in [5, 5.41) is 4.57. The van der Waals surface area contributed by atoms with Gasteiger partial charge in [0.25, 0.3) is 5.91 Å². The van der Waals surface area contributed by atoms with E-state index < -0.39 is 11.7 Å². The van der Waals surface area contributed by atoms with Gasteiger partial charge in [0, 0.05) is 16.1 Å². The third kappa shape index (κ3) is 2.96. The van der Waals surface area contributed by atoms with Crippen molar-refractivity contribution in [1.29, 1.82) is 0 Å². The number of hydrogen-bond acceptors (Lipinski definition) is 2. The highest BCUT2D eigenvalue weighted by atomic mass is 32.1. The van der Waals surface area contributed by atoms with Gasteiger partial charge in [0.05, 0.1) is 5.56 Å². The van der Waals surface area contributed by atoms with Crippen LogP contribution in [0, 0.1) is 0 Å². The van der Waals surface area contributed by atoms with E-state index in [-0.39, 0.29) is 5.91 Å². The third-order valence-corrected chi connectivity index (χ3v) is 3.99. The van der Waals surface area contributed by atoms with Crippen LogP contribution in [0.5, 0.6) is 0 Å². The maximum absolute atomic E-state index is 12.5. The molecule has 0 spiro atoms. The average molecular weight is 321 g/mol. The SMILES string of the molecule is O=C1NC(c2ccc(C(F)(F)F)cc2)=C/C1=C/c1cccs1.